The van der Waals surface area contributed by atoms with Gasteiger partial charge < -0.3 is 9.30 Å². The molecule has 0 fully saturated rings. The molecular weight excluding hydrogens is 312 g/mol. The van der Waals surface area contributed by atoms with Crippen molar-refractivity contribution in [3.05, 3.63) is 75.1 Å². The molecule has 0 unspecified atom stereocenters. The Balaban J connectivity index is 1.59. The Kier molecular flexibility index (Phi) is 4.43. The van der Waals surface area contributed by atoms with E-state index in [9.17, 15) is 9.59 Å². The number of hydrogen-bond acceptors (Lipinski definition) is 4. The van der Waals surface area contributed by atoms with Crippen LogP contribution in [0.1, 0.15) is 16.1 Å². The third-order valence-corrected chi connectivity index (χ3v) is 4.41. The molecule has 0 bridgehead atoms. The lowest BCUT2D eigenvalue weighted by atomic mass is 10.2. The molecule has 6 heteroatoms. The summed E-state index contributed by atoms with van der Waals surface area (Å²) in [4.78, 5) is 23.6. The molecule has 0 aliphatic carbocycles. The van der Waals surface area contributed by atoms with E-state index in [-0.39, 0.29) is 17.4 Å². The van der Waals surface area contributed by atoms with Gasteiger partial charge in [0.05, 0.1) is 12.1 Å². The van der Waals surface area contributed by atoms with Gasteiger partial charge in [0.15, 0.2) is 0 Å². The SMILES string of the molecule is Cc1csc(=O)n1CCOC(=O)c1ccc(-n2cccc2)cc1. The van der Waals surface area contributed by atoms with E-state index in [1.165, 1.54) is 0 Å². The average molecular weight is 328 g/mol. The number of benzene rings is 1. The molecule has 0 saturated carbocycles. The molecule has 0 aliphatic heterocycles. The Morgan fingerprint density at radius 1 is 1.17 bits per heavy atom. The van der Waals surface area contributed by atoms with Crippen molar-refractivity contribution in [3.63, 3.8) is 0 Å². The molecule has 0 N–H and O–H groups in total. The largest absolute Gasteiger partial charge is 0.460 e. The van der Waals surface area contributed by atoms with Gasteiger partial charge in [-0.05, 0) is 43.3 Å². The minimum absolute atomic E-state index is 0.0328. The molecule has 0 saturated heterocycles. The number of aromatic nitrogens is 2. The van der Waals surface area contributed by atoms with Gasteiger partial charge in [-0.2, -0.15) is 0 Å². The van der Waals surface area contributed by atoms with E-state index < -0.39 is 0 Å². The summed E-state index contributed by atoms with van der Waals surface area (Å²) in [7, 11) is 0. The van der Waals surface area contributed by atoms with E-state index in [1.54, 1.807) is 22.1 Å². The molecule has 0 radical (unpaired) electrons. The fourth-order valence-corrected chi connectivity index (χ4v) is 3.02. The van der Waals surface area contributed by atoms with E-state index in [1.807, 2.05) is 48.1 Å². The van der Waals surface area contributed by atoms with Crippen molar-refractivity contribution < 1.29 is 9.53 Å². The normalized spacial score (nSPS) is 10.7. The highest BCUT2D eigenvalue weighted by Gasteiger charge is 2.08. The Labute approximate surface area is 137 Å². The zero-order valence-corrected chi connectivity index (χ0v) is 13.5. The first-order valence-corrected chi connectivity index (χ1v) is 8.08. The molecule has 23 heavy (non-hydrogen) atoms. The molecule has 2 heterocycles. The second-order valence-corrected chi connectivity index (χ2v) is 5.89. The fourth-order valence-electron chi connectivity index (χ4n) is 2.26. The van der Waals surface area contributed by atoms with E-state index >= 15 is 0 Å². The van der Waals surface area contributed by atoms with Gasteiger partial charge >= 0.3 is 10.8 Å². The molecule has 3 rings (SSSR count). The van der Waals surface area contributed by atoms with Gasteiger partial charge in [-0.25, -0.2) is 4.79 Å². The zero-order valence-electron chi connectivity index (χ0n) is 12.6. The van der Waals surface area contributed by atoms with Gasteiger partial charge in [-0.15, -0.1) is 0 Å². The predicted molar refractivity (Wildman–Crippen MR) is 89.4 cm³/mol. The quantitative estimate of drug-likeness (QED) is 0.677. The molecule has 3 aromatic rings. The topological polar surface area (TPSA) is 53.2 Å². The number of carbonyl (C=O) groups excluding carboxylic acids is 1. The molecule has 0 atom stereocenters. The van der Waals surface area contributed by atoms with E-state index in [2.05, 4.69) is 0 Å². The number of esters is 1. The van der Waals surface area contributed by atoms with Crippen LogP contribution >= 0.6 is 11.3 Å². The molecule has 118 valence electrons. The summed E-state index contributed by atoms with van der Waals surface area (Å²) >= 11 is 1.15. The van der Waals surface area contributed by atoms with Crippen molar-refractivity contribution in [2.75, 3.05) is 6.61 Å². The number of hydrogen-bond donors (Lipinski definition) is 0. The second kappa shape index (κ2) is 6.66. The minimum atomic E-state index is -0.384. The van der Waals surface area contributed by atoms with Crippen LogP contribution in [0.15, 0.2) is 59.0 Å². The maximum atomic E-state index is 12.0. The summed E-state index contributed by atoms with van der Waals surface area (Å²) in [6.07, 6.45) is 3.88. The van der Waals surface area contributed by atoms with Crippen molar-refractivity contribution in [3.8, 4) is 5.69 Å². The molecule has 0 spiro atoms. The van der Waals surface area contributed by atoms with Gasteiger partial charge in [0, 0.05) is 29.2 Å². The van der Waals surface area contributed by atoms with E-state index in [0.29, 0.717) is 12.1 Å². The van der Waals surface area contributed by atoms with Gasteiger partial charge in [0.25, 0.3) is 0 Å². The zero-order chi connectivity index (χ0) is 16.2. The Bertz CT molecular complexity index is 845. The number of carbonyl (C=O) groups is 1. The molecule has 0 aliphatic rings. The van der Waals surface area contributed by atoms with Gasteiger partial charge in [-0.3, -0.25) is 9.36 Å². The van der Waals surface area contributed by atoms with Gasteiger partial charge in [-0.1, -0.05) is 11.3 Å². The molecule has 2 aromatic heterocycles. The second-order valence-electron chi connectivity index (χ2n) is 5.07. The summed E-state index contributed by atoms with van der Waals surface area (Å²) < 4.78 is 8.80. The van der Waals surface area contributed by atoms with Crippen LogP contribution in [0.5, 0.6) is 0 Å². The monoisotopic (exact) mass is 328 g/mol. The van der Waals surface area contributed by atoms with Crippen LogP contribution < -0.4 is 4.87 Å². The van der Waals surface area contributed by atoms with Crippen LogP contribution in [0.4, 0.5) is 0 Å². The predicted octanol–water partition coefficient (Wildman–Crippen LogP) is 2.87. The lowest BCUT2D eigenvalue weighted by Gasteiger charge is -2.08. The third-order valence-electron chi connectivity index (χ3n) is 3.53. The van der Waals surface area contributed by atoms with Gasteiger partial charge in [0.1, 0.15) is 6.61 Å². The highest BCUT2D eigenvalue weighted by molar-refractivity contribution is 7.07. The first-order valence-electron chi connectivity index (χ1n) is 7.20. The van der Waals surface area contributed by atoms with Crippen molar-refractivity contribution in [1.29, 1.82) is 0 Å². The van der Waals surface area contributed by atoms with Crippen LogP contribution in [0.25, 0.3) is 5.69 Å². The fraction of sp³-hybridized carbons (Fsp3) is 0.176. The van der Waals surface area contributed by atoms with Crippen molar-refractivity contribution in [2.45, 2.75) is 13.5 Å². The Morgan fingerprint density at radius 3 is 2.48 bits per heavy atom. The first kappa shape index (κ1) is 15.3. The maximum Gasteiger partial charge on any atom is 0.338 e. The summed E-state index contributed by atoms with van der Waals surface area (Å²) in [5, 5.41) is 1.80. The number of thiazole rings is 1. The third kappa shape index (κ3) is 3.43. The summed E-state index contributed by atoms with van der Waals surface area (Å²) in [6.45, 7) is 2.41. The summed E-state index contributed by atoms with van der Waals surface area (Å²) in [6, 6.07) is 11.1. The molecular formula is C17H16N2O3S. The smallest absolute Gasteiger partial charge is 0.338 e. The van der Waals surface area contributed by atoms with E-state index in [4.69, 9.17) is 4.74 Å². The number of nitrogens with zero attached hydrogens (tertiary/aromatic N) is 2. The number of aryl methyl sites for hydroxylation is 1. The number of ether oxygens (including phenoxy) is 1. The van der Waals surface area contributed by atoms with Crippen molar-refractivity contribution in [2.24, 2.45) is 0 Å². The van der Waals surface area contributed by atoms with Crippen molar-refractivity contribution in [1.82, 2.24) is 9.13 Å². The van der Waals surface area contributed by atoms with Gasteiger partial charge in [0.2, 0.25) is 0 Å². The summed E-state index contributed by atoms with van der Waals surface area (Å²) in [5.41, 5.74) is 2.36. The lowest BCUT2D eigenvalue weighted by Crippen LogP contribution is -2.19. The molecule has 0 amide bonds. The van der Waals surface area contributed by atoms with Crippen LogP contribution in [0.3, 0.4) is 0 Å². The average Bonchev–Trinajstić information content (AvgIpc) is 3.20. The minimum Gasteiger partial charge on any atom is -0.460 e. The number of rotatable bonds is 5. The van der Waals surface area contributed by atoms with Crippen LogP contribution in [-0.4, -0.2) is 21.7 Å². The lowest BCUT2D eigenvalue weighted by molar-refractivity contribution is 0.0490. The first-order chi connectivity index (χ1) is 11.1. The molecule has 5 nitrogen and oxygen atoms in total. The Morgan fingerprint density at radius 2 is 1.87 bits per heavy atom. The van der Waals surface area contributed by atoms with Crippen LogP contribution in [-0.2, 0) is 11.3 Å². The highest BCUT2D eigenvalue weighted by Crippen LogP contribution is 2.11. The standard InChI is InChI=1S/C17H16N2O3S/c1-13-12-23-17(21)19(13)10-11-22-16(20)14-4-6-15(7-5-14)18-8-2-3-9-18/h2-9,12H,10-11H2,1H3. The summed E-state index contributed by atoms with van der Waals surface area (Å²) in [5.74, 6) is -0.384. The van der Waals surface area contributed by atoms with Crippen molar-refractivity contribution >= 4 is 17.3 Å². The van der Waals surface area contributed by atoms with Crippen LogP contribution in [0, 0.1) is 6.92 Å². The molecule has 1 aromatic carbocycles. The van der Waals surface area contributed by atoms with E-state index in [0.717, 1.165) is 22.7 Å². The van der Waals surface area contributed by atoms with Crippen LogP contribution in [0.2, 0.25) is 0 Å². The highest BCUT2D eigenvalue weighted by atomic mass is 32.1. The Hall–Kier alpha value is -2.60. The maximum absolute atomic E-state index is 12.0.